The Bertz CT molecular complexity index is 865. The third-order valence-corrected chi connectivity index (χ3v) is 10.4. The van der Waals surface area contributed by atoms with Crippen molar-refractivity contribution in [1.82, 2.24) is 10.2 Å². The molecular formula is C36H67ClN2O7S. The van der Waals surface area contributed by atoms with E-state index in [9.17, 15) is 24.9 Å². The van der Waals surface area contributed by atoms with E-state index in [1.807, 2.05) is 11.9 Å². The van der Waals surface area contributed by atoms with Gasteiger partial charge in [-0.15, -0.1) is 23.4 Å². The molecule has 2 saturated heterocycles. The number of likely N-dealkylation sites (tertiary alicyclic amines) is 1. The molecule has 2 heterocycles. The van der Waals surface area contributed by atoms with Crippen LogP contribution < -0.4 is 5.32 Å². The van der Waals surface area contributed by atoms with Gasteiger partial charge in [-0.1, -0.05) is 83.8 Å². The molecule has 2 fully saturated rings. The van der Waals surface area contributed by atoms with Gasteiger partial charge in [-0.2, -0.15) is 0 Å². The smallest absolute Gasteiger partial charge is 0.303 e. The Kier molecular flexibility index (Phi) is 24.4. The summed E-state index contributed by atoms with van der Waals surface area (Å²) in [4.78, 5) is 25.3. The van der Waals surface area contributed by atoms with Crippen molar-refractivity contribution in [2.45, 2.75) is 177 Å². The molecule has 9 atom stereocenters. The molecule has 2 aliphatic rings. The molecule has 276 valence electrons. The number of rotatable bonds is 22. The van der Waals surface area contributed by atoms with Gasteiger partial charge >= 0.3 is 5.97 Å². The predicted molar refractivity (Wildman–Crippen MR) is 194 cm³/mol. The highest BCUT2D eigenvalue weighted by atomic mass is 35.5. The summed E-state index contributed by atoms with van der Waals surface area (Å²) in [5.41, 5.74) is -0.702. The number of aliphatic hydroxyl groups excluding tert-OH is 3. The van der Waals surface area contributed by atoms with Crippen LogP contribution in [0.15, 0.2) is 12.2 Å². The highest BCUT2D eigenvalue weighted by Crippen LogP contribution is 2.31. The van der Waals surface area contributed by atoms with Crippen LogP contribution in [-0.2, 0) is 14.3 Å². The lowest BCUT2D eigenvalue weighted by Crippen LogP contribution is -2.65. The highest BCUT2D eigenvalue weighted by Gasteiger charge is 2.48. The van der Waals surface area contributed by atoms with E-state index in [2.05, 4.69) is 31.3 Å². The van der Waals surface area contributed by atoms with Crippen molar-refractivity contribution in [3.63, 3.8) is 0 Å². The van der Waals surface area contributed by atoms with E-state index in [1.54, 1.807) is 13.2 Å². The number of unbranched alkanes of at least 4 members (excludes halogenated alkanes) is 11. The number of alkyl halides is 1. The maximum Gasteiger partial charge on any atom is 0.303 e. The minimum atomic E-state index is -1.36. The van der Waals surface area contributed by atoms with Crippen molar-refractivity contribution < 1.29 is 34.8 Å². The number of carboxylic acid groups (broad SMARTS) is 1. The number of aliphatic hydroxyl groups is 3. The van der Waals surface area contributed by atoms with Crippen molar-refractivity contribution in [3.8, 4) is 0 Å². The molecule has 0 bridgehead atoms. The first-order chi connectivity index (χ1) is 22.5. The van der Waals surface area contributed by atoms with E-state index in [1.165, 1.54) is 82.4 Å². The Morgan fingerprint density at radius 2 is 1.49 bits per heavy atom. The average molecular weight is 707 g/mol. The van der Waals surface area contributed by atoms with Gasteiger partial charge in [0.25, 0.3) is 0 Å². The quantitative estimate of drug-likeness (QED) is 0.0485. The van der Waals surface area contributed by atoms with Crippen LogP contribution in [0.3, 0.4) is 0 Å². The first kappa shape index (κ1) is 44.1. The first-order valence-corrected chi connectivity index (χ1v) is 19.9. The molecule has 2 rings (SSSR count). The molecule has 0 aromatic carbocycles. The molecule has 0 spiro atoms. The fourth-order valence-electron chi connectivity index (χ4n) is 6.46. The number of likely N-dealkylation sites (N-methyl/N-ethyl adjacent to an activating group) is 1. The number of aliphatic carboxylic acids is 1. The van der Waals surface area contributed by atoms with Crippen molar-refractivity contribution >= 4 is 35.2 Å². The third-order valence-electron chi connectivity index (χ3n) is 9.28. The number of hydrogen-bond donors (Lipinski definition) is 5. The number of carboxylic acids is 1. The predicted octanol–water partition coefficient (Wildman–Crippen LogP) is 6.50. The van der Waals surface area contributed by atoms with Gasteiger partial charge in [0.05, 0.1) is 17.5 Å². The summed E-state index contributed by atoms with van der Waals surface area (Å²) in [6.45, 7) is 7.00. The number of hydrogen-bond acceptors (Lipinski definition) is 8. The van der Waals surface area contributed by atoms with Gasteiger partial charge in [0.2, 0.25) is 5.91 Å². The molecule has 9 nitrogen and oxygen atoms in total. The van der Waals surface area contributed by atoms with Crippen LogP contribution in [0.25, 0.3) is 0 Å². The Balaban J connectivity index is 0.000000494. The second kappa shape index (κ2) is 26.0. The van der Waals surface area contributed by atoms with Crippen molar-refractivity contribution in [2.24, 2.45) is 5.92 Å². The number of nitrogens with one attached hydrogen (secondary N) is 1. The van der Waals surface area contributed by atoms with Gasteiger partial charge in [-0.3, -0.25) is 14.5 Å². The topological polar surface area (TPSA) is 140 Å². The summed E-state index contributed by atoms with van der Waals surface area (Å²) >= 11 is 7.55. The molecule has 0 radical (unpaired) electrons. The highest BCUT2D eigenvalue weighted by molar-refractivity contribution is 7.99. The lowest BCUT2D eigenvalue weighted by atomic mass is 9.92. The summed E-state index contributed by atoms with van der Waals surface area (Å²) in [5, 5.41) is 41.5. The first-order valence-electron chi connectivity index (χ1n) is 18.2. The summed E-state index contributed by atoms with van der Waals surface area (Å²) < 4.78 is 5.79. The zero-order chi connectivity index (χ0) is 35.2. The number of allylic oxidation sites excluding steroid dienone is 2. The van der Waals surface area contributed by atoms with Crippen LogP contribution in [0.4, 0.5) is 0 Å². The standard InChI is InChI=1S/C18H33ClN2O5S.C18H34O2/c1-5-6-10-7-11(21(3)8-10)17(25)20-12(9(2)19)16-14(23)13(22)15(24)18(26-16)27-4;1-2-3-4-5-6-7-8-9-10-11-12-13-14-15-16-17-18(19)20/h9-16,18,22-24H,5-8H2,1-4H3,(H,20,25);9-10H,2-8,11-17H2,1H3,(H,19,20)/b;10-9-/t9-,10+,11-,12+,13-,14+,15+,16+,18+;/m0./s1. The molecule has 47 heavy (non-hydrogen) atoms. The molecule has 5 N–H and O–H groups in total. The molecular weight excluding hydrogens is 640 g/mol. The number of thioether (sulfide) groups is 1. The van der Waals surface area contributed by atoms with E-state index < -0.39 is 47.2 Å². The number of halogens is 1. The third kappa shape index (κ3) is 17.6. The molecule has 0 aliphatic carbocycles. The number of amides is 1. The van der Waals surface area contributed by atoms with Crippen LogP contribution in [0, 0.1) is 5.92 Å². The fraction of sp³-hybridized carbons (Fsp3) is 0.889. The maximum absolute atomic E-state index is 12.9. The zero-order valence-corrected chi connectivity index (χ0v) is 31.4. The van der Waals surface area contributed by atoms with E-state index >= 15 is 0 Å². The van der Waals surface area contributed by atoms with Crippen LogP contribution in [0.5, 0.6) is 0 Å². The zero-order valence-electron chi connectivity index (χ0n) is 29.8. The number of ether oxygens (including phenoxy) is 1. The molecule has 1 amide bonds. The van der Waals surface area contributed by atoms with Gasteiger partial charge in [0.15, 0.2) is 0 Å². The van der Waals surface area contributed by atoms with Crippen LogP contribution >= 0.6 is 23.4 Å². The van der Waals surface area contributed by atoms with Gasteiger partial charge in [-0.05, 0) is 71.1 Å². The summed E-state index contributed by atoms with van der Waals surface area (Å²) in [6, 6.07) is -0.934. The number of carbonyl (C=O) groups is 2. The fourth-order valence-corrected chi connectivity index (χ4v) is 7.35. The molecule has 0 aromatic rings. The Morgan fingerprint density at radius 3 is 2.02 bits per heavy atom. The van der Waals surface area contributed by atoms with Crippen LogP contribution in [0.2, 0.25) is 0 Å². The van der Waals surface area contributed by atoms with Crippen LogP contribution in [-0.4, -0.2) is 104 Å². The van der Waals surface area contributed by atoms with Crippen molar-refractivity contribution in [2.75, 3.05) is 19.8 Å². The second-order valence-electron chi connectivity index (χ2n) is 13.5. The molecule has 11 heteroatoms. The Labute approximate surface area is 294 Å². The average Bonchev–Trinajstić information content (AvgIpc) is 3.41. The molecule has 0 unspecified atom stereocenters. The summed E-state index contributed by atoms with van der Waals surface area (Å²) in [7, 11) is 1.94. The minimum absolute atomic E-state index is 0.147. The van der Waals surface area contributed by atoms with Crippen molar-refractivity contribution in [3.05, 3.63) is 12.2 Å². The van der Waals surface area contributed by atoms with E-state index in [-0.39, 0.29) is 11.9 Å². The Hall–Kier alpha value is -0.880. The summed E-state index contributed by atoms with van der Waals surface area (Å²) in [6.07, 6.45) is 21.1. The SMILES string of the molecule is CCCCCCCC/C=C\CCCCCCCC(=O)O.CCC[C@@H]1C[C@@H](C(=O)N[C@@H]([C@H]2O[C@H](SC)[C@H](O)[C@@H](O)[C@H]2O)[C@H](C)Cl)N(C)C1. The lowest BCUT2D eigenvalue weighted by Gasteiger charge is -2.44. The van der Waals surface area contributed by atoms with Gasteiger partial charge in [0, 0.05) is 13.0 Å². The van der Waals surface area contributed by atoms with Crippen molar-refractivity contribution in [1.29, 1.82) is 0 Å². The normalized spacial score (nSPS) is 27.7. The summed E-state index contributed by atoms with van der Waals surface area (Å²) in [5.74, 6) is -0.315. The lowest BCUT2D eigenvalue weighted by molar-refractivity contribution is -0.205. The second-order valence-corrected chi connectivity index (χ2v) is 15.1. The van der Waals surface area contributed by atoms with E-state index in [0.29, 0.717) is 12.3 Å². The minimum Gasteiger partial charge on any atom is -0.481 e. The Morgan fingerprint density at radius 1 is 0.915 bits per heavy atom. The van der Waals surface area contributed by atoms with Gasteiger partial charge in [0.1, 0.15) is 29.9 Å². The maximum atomic E-state index is 12.9. The molecule has 0 saturated carbocycles. The number of carbonyl (C=O) groups excluding carboxylic acids is 1. The van der Waals surface area contributed by atoms with E-state index in [4.69, 9.17) is 21.4 Å². The molecule has 2 aliphatic heterocycles. The largest absolute Gasteiger partial charge is 0.481 e. The van der Waals surface area contributed by atoms with Gasteiger partial charge in [-0.25, -0.2) is 0 Å². The van der Waals surface area contributed by atoms with Gasteiger partial charge < -0.3 is 30.5 Å². The van der Waals surface area contributed by atoms with Crippen LogP contribution in [0.1, 0.15) is 130 Å². The van der Waals surface area contributed by atoms with E-state index in [0.717, 1.165) is 38.6 Å². The molecule has 0 aromatic heterocycles. The monoisotopic (exact) mass is 706 g/mol. The number of nitrogens with zero attached hydrogens (tertiary/aromatic N) is 1.